The molecular formula is C33H36N4O6S. The zero-order chi connectivity index (χ0) is 30.7. The van der Waals surface area contributed by atoms with E-state index >= 15 is 0 Å². The Bertz CT molecular complexity index is 1600. The van der Waals surface area contributed by atoms with E-state index in [0.717, 1.165) is 16.8 Å². The van der Waals surface area contributed by atoms with Gasteiger partial charge in [0.2, 0.25) is 0 Å². The fourth-order valence-corrected chi connectivity index (χ4v) is 7.45. The number of carbonyl (C=O) groups is 2. The van der Waals surface area contributed by atoms with Crippen LogP contribution in [0.3, 0.4) is 0 Å². The van der Waals surface area contributed by atoms with Crippen molar-refractivity contribution in [1.82, 2.24) is 19.4 Å². The maximum Gasteiger partial charge on any atom is 0.407 e. The minimum atomic E-state index is -2.50. The molecular weight excluding hydrogens is 580 g/mol. The number of ether oxygens (including phenoxy) is 1. The third kappa shape index (κ3) is 6.59. The van der Waals surface area contributed by atoms with Crippen LogP contribution in [0, 0.1) is 0 Å². The van der Waals surface area contributed by atoms with E-state index in [1.807, 2.05) is 89.5 Å². The number of amides is 2. The van der Waals surface area contributed by atoms with Crippen LogP contribution in [0.4, 0.5) is 4.79 Å². The summed E-state index contributed by atoms with van der Waals surface area (Å²) in [6, 6.07) is 26.6. The number of hydrogen-bond acceptors (Lipinski definition) is 6. The minimum Gasteiger partial charge on any atom is -0.490 e. The van der Waals surface area contributed by atoms with Crippen LogP contribution in [0.5, 0.6) is 5.75 Å². The van der Waals surface area contributed by atoms with E-state index in [2.05, 4.69) is 4.98 Å². The summed E-state index contributed by atoms with van der Waals surface area (Å²) < 4.78 is 28.1. The molecule has 1 aromatic heterocycles. The van der Waals surface area contributed by atoms with Crippen molar-refractivity contribution in [1.29, 1.82) is 0 Å². The van der Waals surface area contributed by atoms with Gasteiger partial charge in [-0.3, -0.25) is 18.5 Å². The van der Waals surface area contributed by atoms with Crippen LogP contribution < -0.4 is 4.74 Å². The molecule has 3 aromatic carbocycles. The standard InChI is InChI=1S/C33H36N4O6S/c38-32(36-17-16-35(33(39)40)22-27(36)20-24-8-3-1-4-9-24)30-31(25-10-5-2-6-11-25)37(23-34-30)26-12-7-13-29(21-26)43-28-14-18-44(41,42)19-15-28/h1-13,21,23,27-28,41-42H,14-20,22H2,(H,39,40)/t27-/m1/s1. The van der Waals surface area contributed by atoms with Crippen LogP contribution >= 0.6 is 10.6 Å². The Kier molecular flexibility index (Phi) is 8.60. The second-order valence-corrected chi connectivity index (χ2v) is 13.7. The molecule has 0 saturated carbocycles. The number of hydrogen-bond donors (Lipinski definition) is 3. The molecule has 0 bridgehead atoms. The topological polar surface area (TPSA) is 128 Å². The highest BCUT2D eigenvalue weighted by Crippen LogP contribution is 2.44. The van der Waals surface area contributed by atoms with Crippen LogP contribution in [0.15, 0.2) is 91.3 Å². The fraction of sp³-hybridized carbons (Fsp3) is 0.303. The van der Waals surface area contributed by atoms with E-state index in [1.165, 1.54) is 4.90 Å². The first-order chi connectivity index (χ1) is 21.3. The molecule has 2 amide bonds. The minimum absolute atomic E-state index is 0.107. The smallest absolute Gasteiger partial charge is 0.407 e. The zero-order valence-corrected chi connectivity index (χ0v) is 25.1. The molecule has 230 valence electrons. The summed E-state index contributed by atoms with van der Waals surface area (Å²) in [4.78, 5) is 34.0. The number of carbonyl (C=O) groups excluding carboxylic acids is 1. The molecule has 4 aromatic rings. The van der Waals surface area contributed by atoms with Crippen molar-refractivity contribution in [2.75, 3.05) is 31.1 Å². The van der Waals surface area contributed by atoms with Crippen LogP contribution in [0.25, 0.3) is 16.9 Å². The summed E-state index contributed by atoms with van der Waals surface area (Å²) in [7, 11) is -2.50. The second kappa shape index (κ2) is 12.7. The van der Waals surface area contributed by atoms with Crippen LogP contribution in [0.1, 0.15) is 28.9 Å². The lowest BCUT2D eigenvalue weighted by Gasteiger charge is -2.40. The quantitative estimate of drug-likeness (QED) is 0.237. The molecule has 3 N–H and O–H groups in total. The molecule has 0 unspecified atom stereocenters. The van der Waals surface area contributed by atoms with Gasteiger partial charge in [-0.1, -0.05) is 66.7 Å². The first kappa shape index (κ1) is 29.7. The molecule has 0 spiro atoms. The number of rotatable bonds is 7. The third-order valence-electron chi connectivity index (χ3n) is 8.28. The van der Waals surface area contributed by atoms with Gasteiger partial charge in [0.1, 0.15) is 18.2 Å². The third-order valence-corrected chi connectivity index (χ3v) is 10.1. The average molecular weight is 617 g/mol. The molecule has 10 nitrogen and oxygen atoms in total. The zero-order valence-electron chi connectivity index (χ0n) is 24.2. The summed E-state index contributed by atoms with van der Waals surface area (Å²) in [5.74, 6) is 1.09. The predicted octanol–water partition coefficient (Wildman–Crippen LogP) is 5.88. The molecule has 0 aliphatic carbocycles. The highest BCUT2D eigenvalue weighted by Gasteiger charge is 2.35. The molecule has 2 aliphatic rings. The average Bonchev–Trinajstić information content (AvgIpc) is 3.48. The number of piperazine rings is 1. The van der Waals surface area contributed by atoms with E-state index in [1.54, 1.807) is 11.2 Å². The van der Waals surface area contributed by atoms with Gasteiger partial charge in [-0.05, 0) is 24.1 Å². The Hall–Kier alpha value is -4.32. The lowest BCUT2D eigenvalue weighted by Crippen LogP contribution is -2.57. The molecule has 2 aliphatic heterocycles. The van der Waals surface area contributed by atoms with E-state index in [0.29, 0.717) is 47.9 Å². The molecule has 0 radical (unpaired) electrons. The van der Waals surface area contributed by atoms with Gasteiger partial charge < -0.3 is 19.6 Å². The van der Waals surface area contributed by atoms with Crippen LogP contribution in [0.2, 0.25) is 0 Å². The Morgan fingerprint density at radius 1 is 0.909 bits per heavy atom. The Morgan fingerprint density at radius 3 is 2.32 bits per heavy atom. The first-order valence-electron chi connectivity index (χ1n) is 14.7. The van der Waals surface area contributed by atoms with Crippen molar-refractivity contribution in [3.8, 4) is 22.7 Å². The maximum absolute atomic E-state index is 14.3. The maximum atomic E-state index is 14.3. The van der Waals surface area contributed by atoms with Crippen molar-refractivity contribution in [3.63, 3.8) is 0 Å². The Morgan fingerprint density at radius 2 is 1.61 bits per heavy atom. The van der Waals surface area contributed by atoms with E-state index in [9.17, 15) is 23.8 Å². The monoisotopic (exact) mass is 616 g/mol. The van der Waals surface area contributed by atoms with E-state index in [-0.39, 0.29) is 37.7 Å². The number of carboxylic acid groups (broad SMARTS) is 1. The van der Waals surface area contributed by atoms with Gasteiger partial charge in [0, 0.05) is 55.6 Å². The molecule has 44 heavy (non-hydrogen) atoms. The fourth-order valence-electron chi connectivity index (χ4n) is 5.97. The SMILES string of the molecule is O=C(O)N1CCN(C(=O)c2ncn(-c3cccc(OC4CCS(O)(O)CC4)c3)c2-c2ccccc2)[C@H](Cc2ccccc2)C1. The summed E-state index contributed by atoms with van der Waals surface area (Å²) in [5, 5.41) is 9.71. The van der Waals surface area contributed by atoms with Gasteiger partial charge in [0.05, 0.1) is 17.4 Å². The van der Waals surface area contributed by atoms with Gasteiger partial charge in [0.25, 0.3) is 5.91 Å². The van der Waals surface area contributed by atoms with Gasteiger partial charge >= 0.3 is 6.09 Å². The van der Waals surface area contributed by atoms with Crippen LogP contribution in [-0.4, -0.2) is 88.8 Å². The molecule has 2 fully saturated rings. The predicted molar refractivity (Wildman–Crippen MR) is 170 cm³/mol. The summed E-state index contributed by atoms with van der Waals surface area (Å²) in [6.45, 7) is 0.704. The van der Waals surface area contributed by atoms with Crippen molar-refractivity contribution in [2.24, 2.45) is 0 Å². The highest BCUT2D eigenvalue weighted by atomic mass is 32.3. The van der Waals surface area contributed by atoms with Gasteiger partial charge in [-0.2, -0.15) is 10.6 Å². The van der Waals surface area contributed by atoms with Crippen molar-refractivity contribution in [2.45, 2.75) is 31.4 Å². The van der Waals surface area contributed by atoms with Crippen LogP contribution in [-0.2, 0) is 6.42 Å². The second-order valence-electron chi connectivity index (χ2n) is 11.3. The largest absolute Gasteiger partial charge is 0.490 e. The lowest BCUT2D eigenvalue weighted by molar-refractivity contribution is 0.0447. The summed E-state index contributed by atoms with van der Waals surface area (Å²) in [6.07, 6.45) is 2.21. The number of benzene rings is 3. The molecule has 3 heterocycles. The van der Waals surface area contributed by atoms with Gasteiger partial charge in [-0.15, -0.1) is 0 Å². The Labute approximate surface area is 257 Å². The highest BCUT2D eigenvalue weighted by molar-refractivity contribution is 8.24. The summed E-state index contributed by atoms with van der Waals surface area (Å²) in [5.41, 5.74) is 3.54. The number of imidazole rings is 1. The van der Waals surface area contributed by atoms with E-state index < -0.39 is 16.7 Å². The van der Waals surface area contributed by atoms with Gasteiger partial charge in [-0.25, -0.2) is 9.78 Å². The lowest BCUT2D eigenvalue weighted by atomic mass is 10.0. The van der Waals surface area contributed by atoms with E-state index in [4.69, 9.17) is 4.74 Å². The van der Waals surface area contributed by atoms with Crippen molar-refractivity contribution >= 4 is 22.6 Å². The van der Waals surface area contributed by atoms with Crippen molar-refractivity contribution in [3.05, 3.63) is 103 Å². The first-order valence-corrected chi connectivity index (χ1v) is 16.6. The summed E-state index contributed by atoms with van der Waals surface area (Å²) >= 11 is 0. The Balaban J connectivity index is 1.32. The molecule has 6 rings (SSSR count). The van der Waals surface area contributed by atoms with Gasteiger partial charge in [0.15, 0.2) is 5.69 Å². The molecule has 2 saturated heterocycles. The number of nitrogens with zero attached hydrogens (tertiary/aromatic N) is 4. The number of aromatic nitrogens is 2. The van der Waals surface area contributed by atoms with Crippen molar-refractivity contribution < 1.29 is 28.5 Å². The molecule has 1 atom stereocenters. The molecule has 11 heteroatoms. The normalized spacial score (nSPS) is 19.4.